The molecule has 0 radical (unpaired) electrons. The van der Waals surface area contributed by atoms with Crippen molar-refractivity contribution in [2.75, 3.05) is 33.2 Å². The van der Waals surface area contributed by atoms with Gasteiger partial charge in [0.2, 0.25) is 0 Å². The lowest BCUT2D eigenvalue weighted by Crippen LogP contribution is -2.47. The maximum atomic E-state index is 12.1. The second kappa shape index (κ2) is 7.43. The van der Waals surface area contributed by atoms with Crippen molar-refractivity contribution in [3.05, 3.63) is 0 Å². The third-order valence-electron chi connectivity index (χ3n) is 3.32. The van der Waals surface area contributed by atoms with Crippen LogP contribution in [0, 0.1) is 11.8 Å². The average molecular weight is 277 g/mol. The van der Waals surface area contributed by atoms with Crippen molar-refractivity contribution in [3.63, 3.8) is 0 Å². The maximum Gasteiger partial charge on any atom is 0.279 e. The van der Waals surface area contributed by atoms with Crippen LogP contribution in [0.2, 0.25) is 0 Å². The summed E-state index contributed by atoms with van der Waals surface area (Å²) in [6.07, 6.45) is 2.95. The Kier molecular flexibility index (Phi) is 6.55. The number of nitrogens with one attached hydrogen (secondary N) is 2. The molecule has 0 aliphatic carbocycles. The van der Waals surface area contributed by atoms with Gasteiger partial charge >= 0.3 is 0 Å². The molecule has 0 spiro atoms. The molecular formula is C12H27N3O2S. The fourth-order valence-electron chi connectivity index (χ4n) is 2.27. The highest BCUT2D eigenvalue weighted by Gasteiger charge is 2.28. The van der Waals surface area contributed by atoms with E-state index in [4.69, 9.17) is 0 Å². The first-order valence-electron chi connectivity index (χ1n) is 6.85. The predicted molar refractivity (Wildman–Crippen MR) is 74.6 cm³/mol. The van der Waals surface area contributed by atoms with Gasteiger partial charge in [0.05, 0.1) is 0 Å². The Morgan fingerprint density at radius 2 is 2.11 bits per heavy atom. The molecule has 1 fully saturated rings. The fraction of sp³-hybridized carbons (Fsp3) is 1.00. The second-order valence-electron chi connectivity index (χ2n) is 5.51. The van der Waals surface area contributed by atoms with Crippen molar-refractivity contribution < 1.29 is 8.42 Å². The molecule has 1 saturated heterocycles. The number of hydrogen-bond acceptors (Lipinski definition) is 3. The third-order valence-corrected chi connectivity index (χ3v) is 4.90. The van der Waals surface area contributed by atoms with E-state index < -0.39 is 10.2 Å². The van der Waals surface area contributed by atoms with E-state index in [1.165, 1.54) is 0 Å². The van der Waals surface area contributed by atoms with Crippen LogP contribution in [-0.2, 0) is 10.2 Å². The van der Waals surface area contributed by atoms with Crippen LogP contribution < -0.4 is 10.0 Å². The Hall–Kier alpha value is -0.170. The zero-order chi connectivity index (χ0) is 13.6. The first-order valence-corrected chi connectivity index (χ1v) is 8.29. The van der Waals surface area contributed by atoms with Gasteiger partial charge in [0.25, 0.3) is 10.2 Å². The van der Waals surface area contributed by atoms with Crippen molar-refractivity contribution >= 4 is 10.2 Å². The quantitative estimate of drug-likeness (QED) is 0.723. The molecule has 0 aromatic rings. The molecule has 108 valence electrons. The lowest BCUT2D eigenvalue weighted by Gasteiger charge is -2.31. The normalized spacial score (nSPS) is 22.6. The lowest BCUT2D eigenvalue weighted by atomic mass is 10.00. The first-order chi connectivity index (χ1) is 8.45. The first kappa shape index (κ1) is 15.9. The summed E-state index contributed by atoms with van der Waals surface area (Å²) in [5.74, 6) is 0.955. The summed E-state index contributed by atoms with van der Waals surface area (Å²) in [4.78, 5) is 0. The molecule has 0 aromatic heterocycles. The number of piperidine rings is 1. The van der Waals surface area contributed by atoms with Gasteiger partial charge in [-0.1, -0.05) is 13.8 Å². The highest BCUT2D eigenvalue weighted by atomic mass is 32.2. The Bertz CT molecular complexity index is 328. The molecule has 1 unspecified atom stereocenters. The Balaban J connectivity index is 2.45. The van der Waals surface area contributed by atoms with Crippen molar-refractivity contribution in [3.8, 4) is 0 Å². The van der Waals surface area contributed by atoms with Crippen LogP contribution in [0.4, 0.5) is 0 Å². The highest BCUT2D eigenvalue weighted by Crippen LogP contribution is 2.17. The summed E-state index contributed by atoms with van der Waals surface area (Å²) in [6, 6.07) is 0. The molecule has 0 saturated carbocycles. The van der Waals surface area contributed by atoms with E-state index in [9.17, 15) is 8.42 Å². The van der Waals surface area contributed by atoms with Gasteiger partial charge in [0, 0.05) is 19.6 Å². The molecule has 1 aliphatic heterocycles. The van der Waals surface area contributed by atoms with Crippen LogP contribution in [0.3, 0.4) is 0 Å². The van der Waals surface area contributed by atoms with Crippen LogP contribution in [-0.4, -0.2) is 45.9 Å². The minimum absolute atomic E-state index is 0.436. The zero-order valence-corrected chi connectivity index (χ0v) is 12.6. The summed E-state index contributed by atoms with van der Waals surface area (Å²) in [5.41, 5.74) is 0. The van der Waals surface area contributed by atoms with Gasteiger partial charge in [0.15, 0.2) is 0 Å². The van der Waals surface area contributed by atoms with E-state index >= 15 is 0 Å². The zero-order valence-electron chi connectivity index (χ0n) is 11.8. The topological polar surface area (TPSA) is 61.4 Å². The SMILES string of the molecule is CNCC1CCCN(S(=O)(=O)NCCC(C)C)C1. The van der Waals surface area contributed by atoms with Gasteiger partial charge in [-0.2, -0.15) is 12.7 Å². The molecule has 5 nitrogen and oxygen atoms in total. The molecule has 1 atom stereocenters. The smallest absolute Gasteiger partial charge is 0.279 e. The van der Waals surface area contributed by atoms with E-state index in [0.717, 1.165) is 25.8 Å². The number of hydrogen-bond donors (Lipinski definition) is 2. The highest BCUT2D eigenvalue weighted by molar-refractivity contribution is 7.87. The van der Waals surface area contributed by atoms with Crippen LogP contribution in [0.5, 0.6) is 0 Å². The standard InChI is InChI=1S/C12H27N3O2S/c1-11(2)6-7-14-18(16,17)15-8-4-5-12(10-15)9-13-3/h11-14H,4-10H2,1-3H3. The van der Waals surface area contributed by atoms with Crippen LogP contribution in [0.1, 0.15) is 33.1 Å². The van der Waals surface area contributed by atoms with Gasteiger partial charge in [-0.3, -0.25) is 0 Å². The van der Waals surface area contributed by atoms with Crippen molar-refractivity contribution in [1.82, 2.24) is 14.3 Å². The van der Waals surface area contributed by atoms with Gasteiger partial charge in [0.1, 0.15) is 0 Å². The van der Waals surface area contributed by atoms with E-state index in [-0.39, 0.29) is 0 Å². The minimum Gasteiger partial charge on any atom is -0.319 e. The molecule has 2 N–H and O–H groups in total. The van der Waals surface area contributed by atoms with E-state index in [0.29, 0.717) is 31.5 Å². The maximum absolute atomic E-state index is 12.1. The van der Waals surface area contributed by atoms with Gasteiger partial charge in [-0.05, 0) is 44.7 Å². The molecule has 1 aliphatic rings. The monoisotopic (exact) mass is 277 g/mol. The van der Waals surface area contributed by atoms with Crippen molar-refractivity contribution in [2.45, 2.75) is 33.1 Å². The van der Waals surface area contributed by atoms with Crippen LogP contribution in [0.15, 0.2) is 0 Å². The third kappa shape index (κ3) is 5.22. The van der Waals surface area contributed by atoms with E-state index in [2.05, 4.69) is 23.9 Å². The Morgan fingerprint density at radius 3 is 2.72 bits per heavy atom. The summed E-state index contributed by atoms with van der Waals surface area (Å²) in [6.45, 7) is 6.90. The van der Waals surface area contributed by atoms with E-state index in [1.54, 1.807) is 4.31 Å². The summed E-state index contributed by atoms with van der Waals surface area (Å²) in [7, 11) is -1.36. The molecule has 1 heterocycles. The van der Waals surface area contributed by atoms with Crippen molar-refractivity contribution in [2.24, 2.45) is 11.8 Å². The Morgan fingerprint density at radius 1 is 1.39 bits per heavy atom. The molecule has 1 rings (SSSR count). The number of nitrogens with zero attached hydrogens (tertiary/aromatic N) is 1. The van der Waals surface area contributed by atoms with E-state index in [1.807, 2.05) is 7.05 Å². The number of rotatable bonds is 7. The fourth-order valence-corrected chi connectivity index (χ4v) is 3.60. The molecule has 6 heteroatoms. The Labute approximate surface area is 112 Å². The molecule has 0 amide bonds. The largest absolute Gasteiger partial charge is 0.319 e. The van der Waals surface area contributed by atoms with Gasteiger partial charge < -0.3 is 5.32 Å². The minimum atomic E-state index is -3.27. The van der Waals surface area contributed by atoms with Gasteiger partial charge in [-0.25, -0.2) is 4.72 Å². The molecular weight excluding hydrogens is 250 g/mol. The van der Waals surface area contributed by atoms with Crippen molar-refractivity contribution in [1.29, 1.82) is 0 Å². The van der Waals surface area contributed by atoms with Crippen LogP contribution >= 0.6 is 0 Å². The predicted octanol–water partition coefficient (Wildman–Crippen LogP) is 0.798. The average Bonchev–Trinajstić information content (AvgIpc) is 2.29. The lowest BCUT2D eigenvalue weighted by molar-refractivity contribution is 0.260. The van der Waals surface area contributed by atoms with Gasteiger partial charge in [-0.15, -0.1) is 0 Å². The summed E-state index contributed by atoms with van der Waals surface area (Å²) < 4.78 is 28.5. The second-order valence-corrected chi connectivity index (χ2v) is 7.26. The molecule has 0 bridgehead atoms. The molecule has 0 aromatic carbocycles. The summed E-state index contributed by atoms with van der Waals surface area (Å²) >= 11 is 0. The van der Waals surface area contributed by atoms with Crippen LogP contribution in [0.25, 0.3) is 0 Å². The summed E-state index contributed by atoms with van der Waals surface area (Å²) in [5, 5.41) is 3.13. The molecule has 18 heavy (non-hydrogen) atoms.